The van der Waals surface area contributed by atoms with Crippen LogP contribution in [-0.4, -0.2) is 5.78 Å². The van der Waals surface area contributed by atoms with E-state index in [0.717, 1.165) is 19.3 Å². The van der Waals surface area contributed by atoms with Crippen LogP contribution < -0.4 is 0 Å². The van der Waals surface area contributed by atoms with E-state index in [-0.39, 0.29) is 0 Å². The van der Waals surface area contributed by atoms with Crippen LogP contribution in [0.4, 0.5) is 0 Å². The number of Topliss-reactive ketones (excluding diaryl/α,β-unsaturated/α-hetero) is 1. The van der Waals surface area contributed by atoms with Gasteiger partial charge in [0.15, 0.2) is 0 Å². The lowest BCUT2D eigenvalue weighted by atomic mass is 9.70. The number of rotatable bonds is 2. The molecule has 1 rings (SSSR count). The molecule has 0 bridgehead atoms. The Kier molecular flexibility index (Phi) is 3.39. The van der Waals surface area contributed by atoms with Crippen LogP contribution in [0.2, 0.25) is 0 Å². The maximum Gasteiger partial charge on any atom is 0.133 e. The third kappa shape index (κ3) is 3.81. The van der Waals surface area contributed by atoms with E-state index >= 15 is 0 Å². The minimum absolute atomic E-state index is 0.308. The van der Waals surface area contributed by atoms with Gasteiger partial charge in [0.05, 0.1) is 0 Å². The average Bonchev–Trinajstić information content (AvgIpc) is 1.99. The molecule has 0 aromatic heterocycles. The summed E-state index contributed by atoms with van der Waals surface area (Å²) in [5.41, 5.74) is 0.714. The first kappa shape index (κ1) is 11.7. The van der Waals surface area contributed by atoms with Gasteiger partial charge in [0, 0.05) is 12.8 Å². The first-order valence-electron chi connectivity index (χ1n) is 5.83. The SMILES string of the molecule is CC(C)(C)CC[C@]1(C)CCCC(=O)C1. The van der Waals surface area contributed by atoms with Crippen LogP contribution in [0.15, 0.2) is 0 Å². The lowest BCUT2D eigenvalue weighted by Crippen LogP contribution is -2.27. The summed E-state index contributed by atoms with van der Waals surface area (Å²) in [5, 5.41) is 0. The van der Waals surface area contributed by atoms with Gasteiger partial charge in [0.2, 0.25) is 0 Å². The van der Waals surface area contributed by atoms with E-state index in [9.17, 15) is 4.79 Å². The monoisotopic (exact) mass is 196 g/mol. The highest BCUT2D eigenvalue weighted by Crippen LogP contribution is 2.40. The number of hydrogen-bond donors (Lipinski definition) is 0. The van der Waals surface area contributed by atoms with Gasteiger partial charge in [-0.05, 0) is 36.5 Å². The summed E-state index contributed by atoms with van der Waals surface area (Å²) in [6.07, 6.45) is 6.45. The molecular weight excluding hydrogens is 172 g/mol. The molecule has 1 fully saturated rings. The molecule has 0 unspecified atom stereocenters. The van der Waals surface area contributed by atoms with Crippen LogP contribution in [0.5, 0.6) is 0 Å². The molecule has 0 aliphatic heterocycles. The second-order valence-corrected chi connectivity index (χ2v) is 6.44. The molecule has 0 aromatic carbocycles. The van der Waals surface area contributed by atoms with E-state index in [1.54, 1.807) is 0 Å². The minimum Gasteiger partial charge on any atom is -0.300 e. The van der Waals surface area contributed by atoms with E-state index in [1.807, 2.05) is 0 Å². The van der Waals surface area contributed by atoms with E-state index in [4.69, 9.17) is 0 Å². The van der Waals surface area contributed by atoms with Crippen LogP contribution in [-0.2, 0) is 4.79 Å². The first-order valence-corrected chi connectivity index (χ1v) is 5.83. The molecule has 1 nitrogen and oxygen atoms in total. The van der Waals surface area contributed by atoms with Crippen molar-refractivity contribution >= 4 is 5.78 Å². The third-order valence-corrected chi connectivity index (χ3v) is 3.34. The topological polar surface area (TPSA) is 17.1 Å². The van der Waals surface area contributed by atoms with Crippen molar-refractivity contribution in [1.82, 2.24) is 0 Å². The summed E-state index contributed by atoms with van der Waals surface area (Å²) in [6, 6.07) is 0. The van der Waals surface area contributed by atoms with Gasteiger partial charge in [-0.1, -0.05) is 27.7 Å². The molecule has 0 radical (unpaired) electrons. The highest BCUT2D eigenvalue weighted by molar-refractivity contribution is 5.79. The Hall–Kier alpha value is -0.330. The van der Waals surface area contributed by atoms with Gasteiger partial charge in [-0.15, -0.1) is 0 Å². The predicted octanol–water partition coefficient (Wildman–Crippen LogP) is 3.96. The molecule has 1 aliphatic rings. The Bertz CT molecular complexity index is 212. The second-order valence-electron chi connectivity index (χ2n) is 6.44. The van der Waals surface area contributed by atoms with Crippen molar-refractivity contribution in [3.63, 3.8) is 0 Å². The van der Waals surface area contributed by atoms with Crippen molar-refractivity contribution in [1.29, 1.82) is 0 Å². The molecule has 0 N–H and O–H groups in total. The van der Waals surface area contributed by atoms with Crippen molar-refractivity contribution in [3.05, 3.63) is 0 Å². The zero-order valence-electron chi connectivity index (χ0n) is 10.2. The summed E-state index contributed by atoms with van der Waals surface area (Å²) < 4.78 is 0. The lowest BCUT2D eigenvalue weighted by molar-refractivity contribution is -0.123. The molecule has 14 heavy (non-hydrogen) atoms. The minimum atomic E-state index is 0.308. The van der Waals surface area contributed by atoms with Gasteiger partial charge in [-0.25, -0.2) is 0 Å². The summed E-state index contributed by atoms with van der Waals surface area (Å²) in [7, 11) is 0. The van der Waals surface area contributed by atoms with Crippen molar-refractivity contribution in [2.24, 2.45) is 10.8 Å². The Morgan fingerprint density at radius 1 is 1.36 bits per heavy atom. The van der Waals surface area contributed by atoms with E-state index in [0.29, 0.717) is 16.6 Å². The van der Waals surface area contributed by atoms with Crippen molar-refractivity contribution < 1.29 is 4.79 Å². The largest absolute Gasteiger partial charge is 0.300 e. The summed E-state index contributed by atoms with van der Waals surface area (Å²) in [6.45, 7) is 9.12. The van der Waals surface area contributed by atoms with Crippen molar-refractivity contribution in [3.8, 4) is 0 Å². The van der Waals surface area contributed by atoms with E-state index < -0.39 is 0 Å². The number of hydrogen-bond acceptors (Lipinski definition) is 1. The van der Waals surface area contributed by atoms with Crippen LogP contribution >= 0.6 is 0 Å². The summed E-state index contributed by atoms with van der Waals surface area (Å²) in [5.74, 6) is 0.479. The van der Waals surface area contributed by atoms with Crippen LogP contribution in [0, 0.1) is 10.8 Å². The average molecular weight is 196 g/mol. The zero-order chi connectivity index (χ0) is 10.8. The smallest absolute Gasteiger partial charge is 0.133 e. The van der Waals surface area contributed by atoms with Gasteiger partial charge >= 0.3 is 0 Å². The van der Waals surface area contributed by atoms with Crippen molar-refractivity contribution in [2.75, 3.05) is 0 Å². The Labute approximate surface area is 88.3 Å². The Morgan fingerprint density at radius 3 is 2.50 bits per heavy atom. The van der Waals surface area contributed by atoms with Gasteiger partial charge in [0.25, 0.3) is 0 Å². The molecule has 1 atom stereocenters. The fourth-order valence-electron chi connectivity index (χ4n) is 2.26. The molecule has 0 saturated heterocycles. The van der Waals surface area contributed by atoms with Crippen LogP contribution in [0.3, 0.4) is 0 Å². The zero-order valence-corrected chi connectivity index (χ0v) is 10.2. The normalized spacial score (nSPS) is 29.3. The molecule has 0 heterocycles. The third-order valence-electron chi connectivity index (χ3n) is 3.34. The number of ketones is 1. The number of carbonyl (C=O) groups is 1. The van der Waals surface area contributed by atoms with Gasteiger partial charge in [-0.3, -0.25) is 4.79 Å². The second kappa shape index (κ2) is 4.04. The quantitative estimate of drug-likeness (QED) is 0.653. The molecule has 1 saturated carbocycles. The van der Waals surface area contributed by atoms with Crippen molar-refractivity contribution in [2.45, 2.75) is 66.2 Å². The summed E-state index contributed by atoms with van der Waals surface area (Å²) in [4.78, 5) is 11.4. The Morgan fingerprint density at radius 2 is 2.00 bits per heavy atom. The van der Waals surface area contributed by atoms with E-state index in [1.165, 1.54) is 19.3 Å². The van der Waals surface area contributed by atoms with Crippen LogP contribution in [0.1, 0.15) is 66.2 Å². The molecule has 82 valence electrons. The molecular formula is C13H24O. The standard InChI is InChI=1S/C13H24O/c1-12(2,3)8-9-13(4)7-5-6-11(14)10-13/h5-10H2,1-4H3/t13-/m0/s1. The van der Waals surface area contributed by atoms with E-state index in [2.05, 4.69) is 27.7 Å². The first-order chi connectivity index (χ1) is 6.31. The molecule has 0 amide bonds. The maximum atomic E-state index is 11.4. The molecule has 1 aliphatic carbocycles. The van der Waals surface area contributed by atoms with Gasteiger partial charge in [0.1, 0.15) is 5.78 Å². The molecule has 0 aromatic rings. The Balaban J connectivity index is 2.45. The molecule has 0 spiro atoms. The lowest BCUT2D eigenvalue weighted by Gasteiger charge is -2.35. The van der Waals surface area contributed by atoms with Gasteiger partial charge in [-0.2, -0.15) is 0 Å². The van der Waals surface area contributed by atoms with Crippen LogP contribution in [0.25, 0.3) is 0 Å². The number of carbonyl (C=O) groups excluding carboxylic acids is 1. The highest BCUT2D eigenvalue weighted by atomic mass is 16.1. The van der Waals surface area contributed by atoms with Gasteiger partial charge < -0.3 is 0 Å². The highest BCUT2D eigenvalue weighted by Gasteiger charge is 2.31. The maximum absolute atomic E-state index is 11.4. The fourth-order valence-corrected chi connectivity index (χ4v) is 2.26. The molecule has 1 heteroatoms. The summed E-state index contributed by atoms with van der Waals surface area (Å²) >= 11 is 0. The fraction of sp³-hybridized carbons (Fsp3) is 0.923. The predicted molar refractivity (Wildman–Crippen MR) is 60.3 cm³/mol.